The number of H-pyrrole nitrogens is 2. The lowest BCUT2D eigenvalue weighted by Crippen LogP contribution is -2.05. The van der Waals surface area contributed by atoms with Crippen LogP contribution in [0.4, 0.5) is 0 Å². The number of aryl methyl sites for hydroxylation is 2. The molecule has 0 aliphatic rings. The zero-order chi connectivity index (χ0) is 11.7. The minimum absolute atomic E-state index is 0.220. The largest absolute Gasteiger partial charge is 0.323 e. The number of aromatic amines is 2. The van der Waals surface area contributed by atoms with Crippen molar-refractivity contribution in [3.63, 3.8) is 0 Å². The quantitative estimate of drug-likeness (QED) is 0.615. The van der Waals surface area contributed by atoms with Gasteiger partial charge in [0, 0.05) is 5.69 Å². The maximum atomic E-state index is 11.1. The molecule has 3 nitrogen and oxygen atoms in total. The molecule has 16 heavy (non-hydrogen) atoms. The van der Waals surface area contributed by atoms with Crippen molar-refractivity contribution in [2.24, 2.45) is 0 Å². The number of hydrogen-bond acceptors (Lipinski definition) is 2. The summed E-state index contributed by atoms with van der Waals surface area (Å²) in [5, 5.41) is 0. The summed E-state index contributed by atoms with van der Waals surface area (Å²) in [7, 11) is 0. The van der Waals surface area contributed by atoms with E-state index in [0.29, 0.717) is 10.6 Å². The van der Waals surface area contributed by atoms with Crippen LogP contribution in [0.1, 0.15) is 22.5 Å². The van der Waals surface area contributed by atoms with Crippen LogP contribution in [0.2, 0.25) is 0 Å². The molecule has 2 N–H and O–H groups in total. The highest BCUT2D eigenvalue weighted by Crippen LogP contribution is 2.11. The van der Waals surface area contributed by atoms with Crippen molar-refractivity contribution in [2.45, 2.75) is 13.8 Å². The molecule has 2 rings (SSSR count). The molecule has 0 saturated carbocycles. The van der Waals surface area contributed by atoms with Crippen molar-refractivity contribution in [3.05, 3.63) is 57.3 Å². The lowest BCUT2D eigenvalue weighted by molar-refractivity contribution is 1.16. The van der Waals surface area contributed by atoms with Crippen LogP contribution in [0.15, 0.2) is 29.1 Å². The molecule has 0 aliphatic heterocycles. The molecule has 1 heterocycles. The Balaban J connectivity index is 2.43. The standard InChI is InChI=1S/C12H12N2OS/c1-7-3-5-9(6-4-7)11(16)10-8(2)13-12(15)14-10/h3-6H,1-2H3,(H2,13,14,15). The van der Waals surface area contributed by atoms with Gasteiger partial charge in [-0.25, -0.2) is 4.79 Å². The lowest BCUT2D eigenvalue weighted by Gasteiger charge is -2.03. The number of hydrogen-bond donors (Lipinski definition) is 2. The van der Waals surface area contributed by atoms with E-state index in [-0.39, 0.29) is 5.69 Å². The summed E-state index contributed by atoms with van der Waals surface area (Å²) >= 11 is 5.34. The topological polar surface area (TPSA) is 48.6 Å². The Hall–Kier alpha value is -1.68. The second-order valence-corrected chi connectivity index (χ2v) is 4.18. The molecule has 0 bridgehead atoms. The molecule has 82 valence electrons. The first-order valence-corrected chi connectivity index (χ1v) is 5.39. The van der Waals surface area contributed by atoms with E-state index in [1.54, 1.807) is 0 Å². The van der Waals surface area contributed by atoms with Crippen LogP contribution in [0.25, 0.3) is 0 Å². The van der Waals surface area contributed by atoms with Crippen molar-refractivity contribution < 1.29 is 0 Å². The molecule has 0 amide bonds. The van der Waals surface area contributed by atoms with Gasteiger partial charge in [-0.05, 0) is 19.4 Å². The van der Waals surface area contributed by atoms with Gasteiger partial charge in [-0.15, -0.1) is 0 Å². The van der Waals surface area contributed by atoms with Gasteiger partial charge in [0.15, 0.2) is 0 Å². The average molecular weight is 232 g/mol. The first kappa shape index (κ1) is 10.8. The Bertz CT molecular complexity index is 578. The smallest absolute Gasteiger partial charge is 0.310 e. The predicted molar refractivity (Wildman–Crippen MR) is 68.1 cm³/mol. The summed E-state index contributed by atoms with van der Waals surface area (Å²) in [5.74, 6) is 0. The monoisotopic (exact) mass is 232 g/mol. The highest BCUT2D eigenvalue weighted by molar-refractivity contribution is 7.81. The Kier molecular flexibility index (Phi) is 2.75. The Morgan fingerprint density at radius 3 is 2.25 bits per heavy atom. The van der Waals surface area contributed by atoms with Crippen LogP contribution in [0.3, 0.4) is 0 Å². The van der Waals surface area contributed by atoms with E-state index in [9.17, 15) is 4.79 Å². The van der Waals surface area contributed by atoms with Gasteiger partial charge in [0.2, 0.25) is 0 Å². The Morgan fingerprint density at radius 2 is 1.75 bits per heavy atom. The van der Waals surface area contributed by atoms with E-state index < -0.39 is 0 Å². The number of nitrogens with one attached hydrogen (secondary N) is 2. The molecule has 0 unspecified atom stereocenters. The molecule has 1 aromatic heterocycles. The maximum absolute atomic E-state index is 11.1. The van der Waals surface area contributed by atoms with Crippen LogP contribution >= 0.6 is 12.2 Å². The van der Waals surface area contributed by atoms with Crippen LogP contribution < -0.4 is 5.69 Å². The number of thiocarbonyl (C=S) groups is 1. The Labute approximate surface area is 98.5 Å². The van der Waals surface area contributed by atoms with Crippen LogP contribution in [-0.2, 0) is 0 Å². The highest BCUT2D eigenvalue weighted by atomic mass is 32.1. The number of rotatable bonds is 2. The third kappa shape index (κ3) is 1.97. The molecular formula is C12H12N2OS. The highest BCUT2D eigenvalue weighted by Gasteiger charge is 2.10. The molecule has 0 atom stereocenters. The van der Waals surface area contributed by atoms with Crippen molar-refractivity contribution in [3.8, 4) is 0 Å². The Morgan fingerprint density at radius 1 is 1.12 bits per heavy atom. The van der Waals surface area contributed by atoms with Crippen LogP contribution in [0.5, 0.6) is 0 Å². The second kappa shape index (κ2) is 4.06. The molecule has 0 spiro atoms. The molecule has 0 fully saturated rings. The third-order valence-electron chi connectivity index (χ3n) is 2.46. The number of aromatic nitrogens is 2. The van der Waals surface area contributed by atoms with Crippen molar-refractivity contribution >= 4 is 17.1 Å². The van der Waals surface area contributed by atoms with Crippen molar-refractivity contribution in [1.82, 2.24) is 9.97 Å². The molecule has 0 radical (unpaired) electrons. The van der Waals surface area contributed by atoms with Gasteiger partial charge in [0.25, 0.3) is 0 Å². The molecule has 0 saturated heterocycles. The predicted octanol–water partition coefficient (Wildman–Crippen LogP) is 2.09. The summed E-state index contributed by atoms with van der Waals surface area (Å²) in [6.45, 7) is 3.85. The summed E-state index contributed by atoms with van der Waals surface area (Å²) in [6.07, 6.45) is 0. The van der Waals surface area contributed by atoms with Crippen LogP contribution in [0, 0.1) is 13.8 Å². The van der Waals surface area contributed by atoms with E-state index in [1.807, 2.05) is 38.1 Å². The van der Waals surface area contributed by atoms with Gasteiger partial charge >= 0.3 is 5.69 Å². The molecular weight excluding hydrogens is 220 g/mol. The fourth-order valence-electron chi connectivity index (χ4n) is 1.55. The summed E-state index contributed by atoms with van der Waals surface area (Å²) in [5.41, 5.74) is 3.38. The van der Waals surface area contributed by atoms with Crippen molar-refractivity contribution in [1.29, 1.82) is 0 Å². The number of imidazole rings is 1. The molecule has 1 aromatic carbocycles. The van der Waals surface area contributed by atoms with E-state index in [0.717, 1.165) is 11.3 Å². The van der Waals surface area contributed by atoms with Gasteiger partial charge in [0.1, 0.15) is 0 Å². The molecule has 2 aromatic rings. The minimum atomic E-state index is -0.220. The van der Waals surface area contributed by atoms with E-state index in [2.05, 4.69) is 9.97 Å². The summed E-state index contributed by atoms with van der Waals surface area (Å²) in [4.78, 5) is 17.2. The molecule has 4 heteroatoms. The molecule has 0 aliphatic carbocycles. The summed E-state index contributed by atoms with van der Waals surface area (Å²) in [6, 6.07) is 7.92. The van der Waals surface area contributed by atoms with Gasteiger partial charge in [-0.1, -0.05) is 42.0 Å². The SMILES string of the molecule is Cc1ccc(C(=S)c2[nH]c(=O)[nH]c2C)cc1. The first-order valence-electron chi connectivity index (χ1n) is 4.98. The average Bonchev–Trinajstić information content (AvgIpc) is 2.58. The number of benzene rings is 1. The van der Waals surface area contributed by atoms with E-state index in [4.69, 9.17) is 12.2 Å². The minimum Gasteiger partial charge on any atom is -0.310 e. The van der Waals surface area contributed by atoms with Crippen LogP contribution in [-0.4, -0.2) is 14.8 Å². The normalized spacial score (nSPS) is 10.4. The van der Waals surface area contributed by atoms with Crippen molar-refractivity contribution in [2.75, 3.05) is 0 Å². The van der Waals surface area contributed by atoms with Gasteiger partial charge in [-0.3, -0.25) is 0 Å². The maximum Gasteiger partial charge on any atom is 0.323 e. The van der Waals surface area contributed by atoms with E-state index >= 15 is 0 Å². The van der Waals surface area contributed by atoms with E-state index in [1.165, 1.54) is 5.56 Å². The van der Waals surface area contributed by atoms with Gasteiger partial charge < -0.3 is 9.97 Å². The first-order chi connectivity index (χ1) is 7.58. The van der Waals surface area contributed by atoms with Gasteiger partial charge in [-0.2, -0.15) is 0 Å². The van der Waals surface area contributed by atoms with Gasteiger partial charge in [0.05, 0.1) is 10.6 Å². The fourth-order valence-corrected chi connectivity index (χ4v) is 1.89. The zero-order valence-corrected chi connectivity index (χ0v) is 9.94. The lowest BCUT2D eigenvalue weighted by atomic mass is 10.1. The summed E-state index contributed by atoms with van der Waals surface area (Å²) < 4.78 is 0. The third-order valence-corrected chi connectivity index (χ3v) is 2.90. The second-order valence-electron chi connectivity index (χ2n) is 3.77. The zero-order valence-electron chi connectivity index (χ0n) is 9.13. The fraction of sp³-hybridized carbons (Fsp3) is 0.167.